The van der Waals surface area contributed by atoms with Crippen LogP contribution in [0.3, 0.4) is 0 Å². The Morgan fingerprint density at radius 1 is 1.12 bits per heavy atom. The Morgan fingerprint density at radius 3 is 2.52 bits per heavy atom. The van der Waals surface area contributed by atoms with E-state index in [1.165, 1.54) is 35.3 Å². The van der Waals surface area contributed by atoms with Gasteiger partial charge in [0.2, 0.25) is 0 Å². The van der Waals surface area contributed by atoms with Crippen molar-refractivity contribution in [2.75, 3.05) is 18.0 Å². The van der Waals surface area contributed by atoms with Gasteiger partial charge in [0.1, 0.15) is 5.82 Å². The summed E-state index contributed by atoms with van der Waals surface area (Å²) < 4.78 is 15.4. The van der Waals surface area contributed by atoms with Crippen LogP contribution < -0.4 is 9.47 Å². The van der Waals surface area contributed by atoms with Crippen molar-refractivity contribution in [3.8, 4) is 0 Å². The molecular formula is C21H25FN3+. The maximum atomic E-state index is 13.1. The molecule has 0 atom stereocenters. The number of hydrogen-bond donors (Lipinski definition) is 1. The molecule has 0 saturated carbocycles. The Morgan fingerprint density at radius 2 is 1.84 bits per heavy atom. The highest BCUT2D eigenvalue weighted by atomic mass is 19.1. The molecule has 1 aliphatic heterocycles. The summed E-state index contributed by atoms with van der Waals surface area (Å²) in [4.78, 5) is 5.98. The van der Waals surface area contributed by atoms with E-state index in [9.17, 15) is 4.39 Å². The molecule has 3 aromatic rings. The second kappa shape index (κ2) is 6.51. The number of halogens is 1. The molecule has 2 aromatic carbocycles. The Labute approximate surface area is 148 Å². The highest BCUT2D eigenvalue weighted by Crippen LogP contribution is 2.26. The van der Waals surface area contributed by atoms with Gasteiger partial charge in [-0.05, 0) is 56.0 Å². The molecule has 0 bridgehead atoms. The van der Waals surface area contributed by atoms with Crippen molar-refractivity contribution in [1.82, 2.24) is 4.98 Å². The Balaban J connectivity index is 1.44. The average molecular weight is 338 g/mol. The van der Waals surface area contributed by atoms with Gasteiger partial charge in [-0.25, -0.2) is 13.9 Å². The van der Waals surface area contributed by atoms with Crippen molar-refractivity contribution in [2.45, 2.75) is 26.2 Å². The van der Waals surface area contributed by atoms with Crippen LogP contribution in [0.15, 0.2) is 42.5 Å². The van der Waals surface area contributed by atoms with E-state index in [0.29, 0.717) is 5.92 Å². The number of hydrogen-bond acceptors (Lipinski definition) is 1. The second-order valence-electron chi connectivity index (χ2n) is 7.21. The zero-order valence-electron chi connectivity index (χ0n) is 14.9. The molecule has 25 heavy (non-hydrogen) atoms. The van der Waals surface area contributed by atoms with Crippen molar-refractivity contribution >= 4 is 16.7 Å². The molecule has 4 heteroatoms. The summed E-state index contributed by atoms with van der Waals surface area (Å²) in [6.45, 7) is 4.25. The zero-order valence-corrected chi connectivity index (χ0v) is 14.9. The molecular weight excluding hydrogens is 313 g/mol. The van der Waals surface area contributed by atoms with E-state index in [4.69, 9.17) is 0 Å². The first-order valence-corrected chi connectivity index (χ1v) is 9.08. The lowest BCUT2D eigenvalue weighted by Gasteiger charge is -2.33. The fourth-order valence-corrected chi connectivity index (χ4v) is 4.09. The van der Waals surface area contributed by atoms with Crippen LogP contribution in [0.1, 0.15) is 24.2 Å². The molecule has 1 aromatic heterocycles. The molecule has 1 aliphatic rings. The summed E-state index contributed by atoms with van der Waals surface area (Å²) in [5.41, 5.74) is 4.97. The van der Waals surface area contributed by atoms with Gasteiger partial charge >= 0.3 is 0 Å². The van der Waals surface area contributed by atoms with Crippen LogP contribution >= 0.6 is 0 Å². The maximum Gasteiger partial charge on any atom is 0.255 e. The summed E-state index contributed by atoms with van der Waals surface area (Å²) in [6.07, 6.45) is 3.43. The number of piperidine rings is 1. The number of benzene rings is 2. The van der Waals surface area contributed by atoms with Crippen LogP contribution in [0.25, 0.3) is 11.0 Å². The standard InChI is InChI=1S/C21H24FN3/c1-15-4-3-5-19-21(15)24(2)20(23-19)14-16-10-12-25(13-11-16)18-8-6-17(22)7-9-18/h3-9,16H,10-14H2,1-2H3/p+1. The number of para-hydroxylation sites is 1. The number of nitrogens with zero attached hydrogens (tertiary/aromatic N) is 2. The quantitative estimate of drug-likeness (QED) is 0.719. The van der Waals surface area contributed by atoms with Crippen molar-refractivity contribution in [3.05, 3.63) is 59.7 Å². The first kappa shape index (κ1) is 16.1. The molecule has 130 valence electrons. The van der Waals surface area contributed by atoms with Crippen molar-refractivity contribution < 1.29 is 8.96 Å². The van der Waals surface area contributed by atoms with Gasteiger partial charge in [0.25, 0.3) is 5.82 Å². The summed E-state index contributed by atoms with van der Waals surface area (Å²) in [5.74, 6) is 1.83. The first-order valence-electron chi connectivity index (χ1n) is 9.08. The number of imidazole rings is 1. The molecule has 1 N–H and O–H groups in total. The van der Waals surface area contributed by atoms with E-state index >= 15 is 0 Å². The van der Waals surface area contributed by atoms with Crippen LogP contribution in [0.5, 0.6) is 0 Å². The minimum Gasteiger partial charge on any atom is -0.372 e. The smallest absolute Gasteiger partial charge is 0.255 e. The number of rotatable bonds is 3. The molecule has 4 rings (SSSR count). The molecule has 0 amide bonds. The van der Waals surface area contributed by atoms with E-state index in [-0.39, 0.29) is 5.82 Å². The maximum absolute atomic E-state index is 13.1. The van der Waals surface area contributed by atoms with Gasteiger partial charge < -0.3 is 4.90 Å². The molecule has 1 saturated heterocycles. The third-order valence-corrected chi connectivity index (χ3v) is 5.55. The Bertz CT molecular complexity index is 874. The fraction of sp³-hybridized carbons (Fsp3) is 0.381. The van der Waals surface area contributed by atoms with Crippen molar-refractivity contribution in [1.29, 1.82) is 0 Å². The average Bonchev–Trinajstić information content (AvgIpc) is 2.93. The minimum atomic E-state index is -0.166. The van der Waals surface area contributed by atoms with Gasteiger partial charge in [-0.2, -0.15) is 0 Å². The largest absolute Gasteiger partial charge is 0.372 e. The number of aromatic amines is 1. The van der Waals surface area contributed by atoms with E-state index in [2.05, 4.69) is 46.6 Å². The van der Waals surface area contributed by atoms with Crippen LogP contribution in [0.4, 0.5) is 10.1 Å². The topological polar surface area (TPSA) is 22.9 Å². The van der Waals surface area contributed by atoms with E-state index < -0.39 is 0 Å². The SMILES string of the molecule is Cc1cccc2[nH]c(CC3CCN(c4ccc(F)cc4)CC3)[n+](C)c12. The van der Waals surface area contributed by atoms with Gasteiger partial charge in [-0.1, -0.05) is 12.1 Å². The lowest BCUT2D eigenvalue weighted by Crippen LogP contribution is -2.37. The molecule has 0 spiro atoms. The van der Waals surface area contributed by atoms with Crippen molar-refractivity contribution in [2.24, 2.45) is 13.0 Å². The third-order valence-electron chi connectivity index (χ3n) is 5.55. The van der Waals surface area contributed by atoms with Crippen LogP contribution in [-0.4, -0.2) is 18.1 Å². The first-order chi connectivity index (χ1) is 12.1. The number of fused-ring (bicyclic) bond motifs is 1. The van der Waals surface area contributed by atoms with E-state index in [1.54, 1.807) is 12.1 Å². The molecule has 3 nitrogen and oxygen atoms in total. The molecule has 1 fully saturated rings. The second-order valence-corrected chi connectivity index (χ2v) is 7.21. The van der Waals surface area contributed by atoms with Gasteiger partial charge in [-0.15, -0.1) is 0 Å². The van der Waals surface area contributed by atoms with E-state index in [0.717, 1.165) is 25.2 Å². The number of H-pyrrole nitrogens is 1. The number of nitrogens with one attached hydrogen (secondary N) is 1. The summed E-state index contributed by atoms with van der Waals surface area (Å²) in [5, 5.41) is 0. The lowest BCUT2D eigenvalue weighted by molar-refractivity contribution is -0.653. The Hall–Kier alpha value is -2.36. The van der Waals surface area contributed by atoms with Gasteiger partial charge in [-0.3, -0.25) is 0 Å². The van der Waals surface area contributed by atoms with Gasteiger partial charge in [0, 0.05) is 24.3 Å². The van der Waals surface area contributed by atoms with Crippen LogP contribution in [-0.2, 0) is 13.5 Å². The van der Waals surface area contributed by atoms with Gasteiger partial charge in [0.05, 0.1) is 13.5 Å². The predicted molar refractivity (Wildman–Crippen MR) is 99.3 cm³/mol. The van der Waals surface area contributed by atoms with E-state index in [1.807, 2.05) is 12.1 Å². The number of aryl methyl sites for hydroxylation is 2. The van der Waals surface area contributed by atoms with Gasteiger partial charge in [0.15, 0.2) is 11.0 Å². The molecule has 0 aliphatic carbocycles. The zero-order chi connectivity index (χ0) is 17.4. The highest BCUT2D eigenvalue weighted by Gasteiger charge is 2.25. The highest BCUT2D eigenvalue weighted by molar-refractivity contribution is 5.74. The number of anilines is 1. The van der Waals surface area contributed by atoms with Crippen LogP contribution in [0, 0.1) is 18.7 Å². The summed E-state index contributed by atoms with van der Waals surface area (Å²) in [6, 6.07) is 13.3. The monoisotopic (exact) mass is 338 g/mol. The normalized spacial score (nSPS) is 15.9. The molecule has 0 unspecified atom stereocenters. The minimum absolute atomic E-state index is 0.166. The summed E-state index contributed by atoms with van der Waals surface area (Å²) in [7, 11) is 2.16. The Kier molecular flexibility index (Phi) is 4.20. The van der Waals surface area contributed by atoms with Crippen LogP contribution in [0.2, 0.25) is 0 Å². The lowest BCUT2D eigenvalue weighted by atomic mass is 9.93. The molecule has 0 radical (unpaired) electrons. The predicted octanol–water partition coefficient (Wildman–Crippen LogP) is 3.90. The fourth-order valence-electron chi connectivity index (χ4n) is 4.09. The van der Waals surface area contributed by atoms with Crippen molar-refractivity contribution in [3.63, 3.8) is 0 Å². The molecule has 2 heterocycles. The summed E-state index contributed by atoms with van der Waals surface area (Å²) >= 11 is 0. The number of aromatic nitrogens is 2. The third kappa shape index (κ3) is 3.13.